The lowest BCUT2D eigenvalue weighted by Crippen LogP contribution is -2.57. The highest BCUT2D eigenvalue weighted by molar-refractivity contribution is 5.73. The Balaban J connectivity index is 1.57. The van der Waals surface area contributed by atoms with Crippen molar-refractivity contribution in [3.8, 4) is 0 Å². The van der Waals surface area contributed by atoms with Gasteiger partial charge in [0.2, 0.25) is 5.91 Å². The molecule has 1 unspecified atom stereocenters. The molecule has 0 bridgehead atoms. The third kappa shape index (κ3) is 4.81. The maximum absolute atomic E-state index is 13.1. The monoisotopic (exact) mass is 363 g/mol. The van der Waals surface area contributed by atoms with Gasteiger partial charge in [0, 0.05) is 64.9 Å². The van der Waals surface area contributed by atoms with Crippen molar-refractivity contribution in [2.45, 2.75) is 44.8 Å². The fraction of sp³-hybridized carbons (Fsp3) is 0.650. The summed E-state index contributed by atoms with van der Waals surface area (Å²) in [6.07, 6.45) is 2.82. The van der Waals surface area contributed by atoms with Gasteiger partial charge in [-0.2, -0.15) is 0 Å². The number of aliphatic hydroxyl groups excluding tert-OH is 1. The molecule has 2 saturated heterocycles. The minimum absolute atomic E-state index is 0.172. The van der Waals surface area contributed by atoms with Crippen LogP contribution in [0.2, 0.25) is 0 Å². The molecule has 2 aliphatic rings. The summed E-state index contributed by atoms with van der Waals surface area (Å²) in [6.45, 7) is 7.23. The van der Waals surface area contributed by atoms with Gasteiger partial charge in [0.25, 0.3) is 0 Å². The maximum atomic E-state index is 13.1. The van der Waals surface area contributed by atoms with E-state index < -0.39 is 0 Å². The largest absolute Gasteiger partial charge is 0.396 e. The molecule has 26 heavy (non-hydrogen) atoms. The van der Waals surface area contributed by atoms with E-state index in [4.69, 9.17) is 0 Å². The second kappa shape index (κ2) is 8.93. The third-order valence-electron chi connectivity index (χ3n) is 5.82. The van der Waals surface area contributed by atoms with Gasteiger partial charge in [-0.15, -0.1) is 0 Å². The number of benzene rings is 1. The predicted molar refractivity (Wildman–Crippen MR) is 99.1 cm³/mol. The Morgan fingerprint density at radius 3 is 2.46 bits per heavy atom. The van der Waals surface area contributed by atoms with E-state index in [9.17, 15) is 14.3 Å². The van der Waals surface area contributed by atoms with Gasteiger partial charge in [0.1, 0.15) is 5.82 Å². The summed E-state index contributed by atoms with van der Waals surface area (Å²) >= 11 is 0. The Morgan fingerprint density at radius 1 is 1.15 bits per heavy atom. The molecule has 2 heterocycles. The van der Waals surface area contributed by atoms with Crippen LogP contribution in [0.15, 0.2) is 24.3 Å². The molecule has 5 nitrogen and oxygen atoms in total. The van der Waals surface area contributed by atoms with Crippen molar-refractivity contribution in [1.29, 1.82) is 0 Å². The molecule has 0 aromatic heterocycles. The van der Waals surface area contributed by atoms with Gasteiger partial charge in [-0.05, 0) is 37.0 Å². The van der Waals surface area contributed by atoms with Crippen LogP contribution in [0.1, 0.15) is 31.7 Å². The second-order valence-corrected chi connectivity index (χ2v) is 7.50. The number of nitrogens with zero attached hydrogens (tertiary/aromatic N) is 3. The molecule has 2 fully saturated rings. The van der Waals surface area contributed by atoms with Crippen LogP contribution in [-0.4, -0.2) is 77.1 Å². The normalized spacial score (nSPS) is 23.3. The van der Waals surface area contributed by atoms with Crippen LogP contribution in [0.25, 0.3) is 0 Å². The highest BCUT2D eigenvalue weighted by atomic mass is 19.1. The maximum Gasteiger partial charge on any atom is 0.219 e. The molecule has 1 aromatic rings. The minimum atomic E-state index is -0.206. The summed E-state index contributed by atoms with van der Waals surface area (Å²) in [5.74, 6) is -0.0342. The van der Waals surface area contributed by atoms with Crippen molar-refractivity contribution < 1.29 is 14.3 Å². The van der Waals surface area contributed by atoms with E-state index in [-0.39, 0.29) is 18.3 Å². The molecule has 0 saturated carbocycles. The van der Waals surface area contributed by atoms with E-state index in [1.165, 1.54) is 12.1 Å². The van der Waals surface area contributed by atoms with Crippen molar-refractivity contribution in [1.82, 2.24) is 14.7 Å². The molecule has 6 heteroatoms. The molecule has 144 valence electrons. The highest BCUT2D eigenvalue weighted by Gasteiger charge is 2.32. The number of amides is 1. The van der Waals surface area contributed by atoms with Gasteiger partial charge >= 0.3 is 0 Å². The number of hydrogen-bond acceptors (Lipinski definition) is 4. The van der Waals surface area contributed by atoms with Crippen LogP contribution < -0.4 is 0 Å². The topological polar surface area (TPSA) is 47.0 Å². The summed E-state index contributed by atoms with van der Waals surface area (Å²) in [7, 11) is 0. The van der Waals surface area contributed by atoms with Crippen LogP contribution in [0.5, 0.6) is 0 Å². The van der Waals surface area contributed by atoms with E-state index in [0.29, 0.717) is 12.1 Å². The van der Waals surface area contributed by atoms with Gasteiger partial charge in [-0.3, -0.25) is 14.6 Å². The van der Waals surface area contributed by atoms with Crippen molar-refractivity contribution in [2.24, 2.45) is 0 Å². The molecule has 1 N–H and O–H groups in total. The Hall–Kier alpha value is -1.50. The molecule has 0 radical (unpaired) electrons. The lowest BCUT2D eigenvalue weighted by atomic mass is 9.99. The number of hydrogen-bond donors (Lipinski definition) is 1. The summed E-state index contributed by atoms with van der Waals surface area (Å²) < 4.78 is 13.1. The summed E-state index contributed by atoms with van der Waals surface area (Å²) in [5.41, 5.74) is 1.11. The first-order valence-corrected chi connectivity index (χ1v) is 9.65. The first-order valence-electron chi connectivity index (χ1n) is 9.65. The molecule has 1 atom stereocenters. The Kier molecular flexibility index (Phi) is 6.62. The zero-order valence-electron chi connectivity index (χ0n) is 15.6. The van der Waals surface area contributed by atoms with Crippen molar-refractivity contribution in [2.75, 3.05) is 39.3 Å². The van der Waals surface area contributed by atoms with Crippen LogP contribution in [0, 0.1) is 5.82 Å². The number of carbonyl (C=O) groups is 1. The number of rotatable bonds is 5. The zero-order valence-corrected chi connectivity index (χ0v) is 15.6. The van der Waals surface area contributed by atoms with Gasteiger partial charge in [-0.25, -0.2) is 4.39 Å². The fourth-order valence-electron chi connectivity index (χ4n) is 4.25. The highest BCUT2D eigenvalue weighted by Crippen LogP contribution is 2.23. The standard InChI is InChI=1S/C20H30FN3O2/c1-16(26)22-9-6-19(7-10-22)24-12-11-23(20(15-24)8-13-25)14-17-2-4-18(21)5-3-17/h2-5,19-20,25H,6-15H2,1H3. The van der Waals surface area contributed by atoms with E-state index in [1.54, 1.807) is 6.92 Å². The van der Waals surface area contributed by atoms with E-state index in [1.807, 2.05) is 17.0 Å². The SMILES string of the molecule is CC(=O)N1CCC(N2CCN(Cc3ccc(F)cc3)C(CCO)C2)CC1. The molecule has 3 rings (SSSR count). The van der Waals surface area contributed by atoms with Crippen molar-refractivity contribution in [3.63, 3.8) is 0 Å². The molecular weight excluding hydrogens is 333 g/mol. The number of piperidine rings is 1. The summed E-state index contributed by atoms with van der Waals surface area (Å²) in [4.78, 5) is 18.4. The van der Waals surface area contributed by atoms with Crippen molar-refractivity contribution in [3.05, 3.63) is 35.6 Å². The lowest BCUT2D eigenvalue weighted by Gasteiger charge is -2.46. The van der Waals surface area contributed by atoms with E-state index in [2.05, 4.69) is 9.80 Å². The average Bonchev–Trinajstić information content (AvgIpc) is 2.65. The second-order valence-electron chi connectivity index (χ2n) is 7.50. The van der Waals surface area contributed by atoms with Crippen molar-refractivity contribution >= 4 is 5.91 Å². The molecular formula is C20H30FN3O2. The van der Waals surface area contributed by atoms with Crippen LogP contribution in [0.3, 0.4) is 0 Å². The molecule has 2 aliphatic heterocycles. The zero-order chi connectivity index (χ0) is 18.5. The molecule has 0 aliphatic carbocycles. The third-order valence-corrected chi connectivity index (χ3v) is 5.82. The Labute approximate surface area is 155 Å². The number of aliphatic hydroxyl groups is 1. The minimum Gasteiger partial charge on any atom is -0.396 e. The quantitative estimate of drug-likeness (QED) is 0.865. The van der Waals surface area contributed by atoms with E-state index >= 15 is 0 Å². The van der Waals surface area contributed by atoms with Crippen LogP contribution in [-0.2, 0) is 11.3 Å². The summed E-state index contributed by atoms with van der Waals surface area (Å²) in [6, 6.07) is 7.54. The first-order chi connectivity index (χ1) is 12.6. The Bertz CT molecular complexity index is 587. The number of piperazine rings is 1. The molecule has 1 amide bonds. The van der Waals surface area contributed by atoms with Crippen LogP contribution >= 0.6 is 0 Å². The van der Waals surface area contributed by atoms with Gasteiger partial charge < -0.3 is 10.0 Å². The Morgan fingerprint density at radius 2 is 1.85 bits per heavy atom. The fourth-order valence-corrected chi connectivity index (χ4v) is 4.25. The smallest absolute Gasteiger partial charge is 0.219 e. The number of carbonyl (C=O) groups excluding carboxylic acids is 1. The number of likely N-dealkylation sites (tertiary alicyclic amines) is 1. The van der Waals surface area contributed by atoms with Gasteiger partial charge in [-0.1, -0.05) is 12.1 Å². The summed E-state index contributed by atoms with van der Waals surface area (Å²) in [5, 5.41) is 9.49. The first kappa shape index (κ1) is 19.3. The van der Waals surface area contributed by atoms with Gasteiger partial charge in [0.05, 0.1) is 0 Å². The van der Waals surface area contributed by atoms with E-state index in [0.717, 1.165) is 64.1 Å². The number of halogens is 1. The average molecular weight is 363 g/mol. The van der Waals surface area contributed by atoms with Crippen LogP contribution in [0.4, 0.5) is 4.39 Å². The van der Waals surface area contributed by atoms with Gasteiger partial charge in [0.15, 0.2) is 0 Å². The lowest BCUT2D eigenvalue weighted by molar-refractivity contribution is -0.130. The molecule has 1 aromatic carbocycles. The predicted octanol–water partition coefficient (Wildman–Crippen LogP) is 1.71. The molecule has 0 spiro atoms.